The van der Waals surface area contributed by atoms with Crippen molar-refractivity contribution in [3.8, 4) is 11.5 Å². The number of aliphatic hydroxyl groups excluding tert-OH is 1. The van der Waals surface area contributed by atoms with Crippen LogP contribution in [0.1, 0.15) is 18.5 Å². The monoisotopic (exact) mass is 428 g/mol. The van der Waals surface area contributed by atoms with Gasteiger partial charge < -0.3 is 19.3 Å². The fraction of sp³-hybridized carbons (Fsp3) is 0.238. The molecule has 0 fully saturated rings. The number of hydrogen-bond donors (Lipinski definition) is 1. The van der Waals surface area contributed by atoms with E-state index in [0.29, 0.717) is 17.1 Å². The number of anilines is 1. The molecule has 162 valence electrons. The highest BCUT2D eigenvalue weighted by molar-refractivity contribution is 6.15. The number of esters is 1. The van der Waals surface area contributed by atoms with E-state index in [1.54, 1.807) is 25.1 Å². The van der Waals surface area contributed by atoms with E-state index in [1.165, 1.54) is 43.4 Å². The number of ether oxygens (including phenoxy) is 3. The molecule has 1 N–H and O–H groups in total. The highest BCUT2D eigenvalue weighted by Crippen LogP contribution is 2.43. The second kappa shape index (κ2) is 8.74. The second-order valence-corrected chi connectivity index (χ2v) is 6.45. The second-order valence-electron chi connectivity index (χ2n) is 6.45. The number of benzene rings is 2. The van der Waals surface area contributed by atoms with E-state index in [4.69, 9.17) is 14.2 Å². The summed E-state index contributed by atoms with van der Waals surface area (Å²) in [5.74, 6) is -1.65. The molecule has 0 spiro atoms. The van der Waals surface area contributed by atoms with Crippen molar-refractivity contribution in [2.24, 2.45) is 0 Å². The molecule has 1 heterocycles. The maximum absolute atomic E-state index is 12.9. The fourth-order valence-corrected chi connectivity index (χ4v) is 3.36. The standard InChI is InChI=1S/C21H20N2O8/c1-4-31-21(26)17-18(12-5-10-15(29-2)16(11-12)30-3)22(20(25)19(17)24)13-6-8-14(9-7-13)23(27)28/h5-11,18,24H,4H2,1-3H3. The highest BCUT2D eigenvalue weighted by atomic mass is 16.6. The fourth-order valence-electron chi connectivity index (χ4n) is 3.36. The van der Waals surface area contributed by atoms with Gasteiger partial charge in [-0.15, -0.1) is 0 Å². The molecule has 2 aromatic rings. The van der Waals surface area contributed by atoms with Crippen molar-refractivity contribution in [3.63, 3.8) is 0 Å². The number of aliphatic hydroxyl groups is 1. The third kappa shape index (κ3) is 3.87. The minimum Gasteiger partial charge on any atom is -0.503 e. The van der Waals surface area contributed by atoms with Crippen LogP contribution in [0.25, 0.3) is 0 Å². The smallest absolute Gasteiger partial charge is 0.340 e. The van der Waals surface area contributed by atoms with Crippen LogP contribution in [0, 0.1) is 10.1 Å². The predicted molar refractivity (Wildman–Crippen MR) is 109 cm³/mol. The summed E-state index contributed by atoms with van der Waals surface area (Å²) in [6, 6.07) is 8.94. The number of nitro groups is 1. The first kappa shape index (κ1) is 21.6. The number of carbonyl (C=O) groups excluding carboxylic acids is 2. The van der Waals surface area contributed by atoms with Gasteiger partial charge in [0, 0.05) is 17.8 Å². The topological polar surface area (TPSA) is 128 Å². The van der Waals surface area contributed by atoms with Crippen LogP contribution < -0.4 is 14.4 Å². The average molecular weight is 428 g/mol. The molecule has 0 radical (unpaired) electrons. The van der Waals surface area contributed by atoms with Gasteiger partial charge in [0.25, 0.3) is 11.6 Å². The van der Waals surface area contributed by atoms with Crippen molar-refractivity contribution < 1.29 is 33.8 Å². The Kier molecular flexibility index (Phi) is 6.10. The lowest BCUT2D eigenvalue weighted by Gasteiger charge is -2.27. The zero-order valence-electron chi connectivity index (χ0n) is 17.0. The molecule has 0 bridgehead atoms. The van der Waals surface area contributed by atoms with Gasteiger partial charge in [-0.1, -0.05) is 6.07 Å². The number of carbonyl (C=O) groups is 2. The first-order valence-corrected chi connectivity index (χ1v) is 9.24. The van der Waals surface area contributed by atoms with Gasteiger partial charge in [0.05, 0.1) is 31.8 Å². The first-order chi connectivity index (χ1) is 14.8. The van der Waals surface area contributed by atoms with Crippen LogP contribution in [-0.2, 0) is 14.3 Å². The quantitative estimate of drug-likeness (QED) is 0.405. The molecular weight excluding hydrogens is 408 g/mol. The first-order valence-electron chi connectivity index (χ1n) is 9.24. The van der Waals surface area contributed by atoms with Crippen LogP contribution in [0.2, 0.25) is 0 Å². The van der Waals surface area contributed by atoms with E-state index in [0.717, 1.165) is 0 Å². The predicted octanol–water partition coefficient (Wildman–Crippen LogP) is 3.08. The van der Waals surface area contributed by atoms with Gasteiger partial charge in [0.15, 0.2) is 17.3 Å². The van der Waals surface area contributed by atoms with Gasteiger partial charge in [-0.2, -0.15) is 0 Å². The lowest BCUT2D eigenvalue weighted by Crippen LogP contribution is -2.31. The molecule has 10 nitrogen and oxygen atoms in total. The minimum atomic E-state index is -1.05. The maximum Gasteiger partial charge on any atom is 0.340 e. The molecular formula is C21H20N2O8. The largest absolute Gasteiger partial charge is 0.503 e. The molecule has 10 heteroatoms. The highest BCUT2D eigenvalue weighted by Gasteiger charge is 2.45. The number of hydrogen-bond acceptors (Lipinski definition) is 8. The van der Waals surface area contributed by atoms with Crippen LogP contribution in [0.5, 0.6) is 11.5 Å². The Hall–Kier alpha value is -4.08. The number of nitro benzene ring substituents is 1. The molecule has 1 aliphatic heterocycles. The van der Waals surface area contributed by atoms with Crippen molar-refractivity contribution in [2.75, 3.05) is 25.7 Å². The van der Waals surface area contributed by atoms with Gasteiger partial charge >= 0.3 is 5.97 Å². The van der Waals surface area contributed by atoms with Crippen molar-refractivity contribution in [2.45, 2.75) is 13.0 Å². The maximum atomic E-state index is 12.9. The van der Waals surface area contributed by atoms with Crippen molar-refractivity contribution in [1.82, 2.24) is 0 Å². The molecule has 0 saturated carbocycles. The zero-order valence-corrected chi connectivity index (χ0v) is 17.0. The summed E-state index contributed by atoms with van der Waals surface area (Å²) in [6.45, 7) is 1.64. The number of non-ortho nitro benzene ring substituents is 1. The van der Waals surface area contributed by atoms with E-state index in [1.807, 2.05) is 0 Å². The SMILES string of the molecule is CCOC(=O)C1=C(O)C(=O)N(c2ccc([N+](=O)[O-])cc2)C1c1ccc(OC)c(OC)c1. The third-order valence-corrected chi connectivity index (χ3v) is 4.77. The minimum absolute atomic E-state index is 0.0417. The average Bonchev–Trinajstić information content (AvgIpc) is 3.04. The molecule has 0 saturated heterocycles. The molecule has 1 atom stereocenters. The van der Waals surface area contributed by atoms with E-state index in [-0.39, 0.29) is 23.6 Å². The molecule has 0 aromatic heterocycles. The summed E-state index contributed by atoms with van der Waals surface area (Å²) in [7, 11) is 2.91. The Balaban J connectivity index is 2.17. The van der Waals surface area contributed by atoms with E-state index >= 15 is 0 Å². The molecule has 2 aromatic carbocycles. The van der Waals surface area contributed by atoms with E-state index < -0.39 is 28.6 Å². The summed E-state index contributed by atoms with van der Waals surface area (Å²) in [5.41, 5.74) is 0.288. The third-order valence-electron chi connectivity index (χ3n) is 4.77. The van der Waals surface area contributed by atoms with Gasteiger partial charge in [-0.25, -0.2) is 4.79 Å². The zero-order chi connectivity index (χ0) is 22.7. The molecule has 1 aliphatic rings. The van der Waals surface area contributed by atoms with E-state index in [2.05, 4.69) is 0 Å². The molecule has 1 unspecified atom stereocenters. The Morgan fingerprint density at radius 2 is 1.77 bits per heavy atom. The van der Waals surface area contributed by atoms with Crippen LogP contribution in [0.3, 0.4) is 0 Å². The molecule has 1 amide bonds. The summed E-state index contributed by atoms with van der Waals surface area (Å²) in [5, 5.41) is 21.5. The number of methoxy groups -OCH3 is 2. The van der Waals surface area contributed by atoms with Crippen molar-refractivity contribution in [1.29, 1.82) is 0 Å². The Labute approximate surface area is 177 Å². The van der Waals surface area contributed by atoms with Crippen LogP contribution in [0.4, 0.5) is 11.4 Å². The summed E-state index contributed by atoms with van der Waals surface area (Å²) < 4.78 is 15.6. The van der Waals surface area contributed by atoms with Crippen LogP contribution in [0.15, 0.2) is 53.8 Å². The summed E-state index contributed by atoms with van der Waals surface area (Å²) in [4.78, 5) is 37.1. The van der Waals surface area contributed by atoms with Gasteiger partial charge in [0.2, 0.25) is 0 Å². The Morgan fingerprint density at radius 1 is 1.13 bits per heavy atom. The number of nitrogens with zero attached hydrogens (tertiary/aromatic N) is 2. The van der Waals surface area contributed by atoms with Gasteiger partial charge in [0.1, 0.15) is 5.57 Å². The molecule has 0 aliphatic carbocycles. The number of rotatable bonds is 7. The van der Waals surface area contributed by atoms with E-state index in [9.17, 15) is 24.8 Å². The Morgan fingerprint density at radius 3 is 2.32 bits per heavy atom. The molecule has 31 heavy (non-hydrogen) atoms. The summed E-state index contributed by atoms with van der Waals surface area (Å²) in [6.07, 6.45) is 0. The Bertz CT molecular complexity index is 1060. The van der Waals surface area contributed by atoms with Crippen LogP contribution >= 0.6 is 0 Å². The lowest BCUT2D eigenvalue weighted by atomic mass is 9.98. The van der Waals surface area contributed by atoms with Crippen molar-refractivity contribution >= 4 is 23.3 Å². The molecule has 3 rings (SSSR count). The van der Waals surface area contributed by atoms with Crippen LogP contribution in [-0.4, -0.2) is 42.7 Å². The summed E-state index contributed by atoms with van der Waals surface area (Å²) >= 11 is 0. The number of amides is 1. The normalized spacial score (nSPS) is 15.8. The van der Waals surface area contributed by atoms with Crippen molar-refractivity contribution in [3.05, 3.63) is 69.5 Å². The van der Waals surface area contributed by atoms with Gasteiger partial charge in [-0.05, 0) is 36.8 Å². The lowest BCUT2D eigenvalue weighted by molar-refractivity contribution is -0.384. The van der Waals surface area contributed by atoms with Gasteiger partial charge in [-0.3, -0.25) is 19.8 Å².